The number of aromatic nitrogens is 12. The third-order valence-corrected chi connectivity index (χ3v) is 15.0. The van der Waals surface area contributed by atoms with Gasteiger partial charge in [0.25, 0.3) is 0 Å². The van der Waals surface area contributed by atoms with Crippen molar-refractivity contribution in [3.8, 4) is 89.9 Å². The fourth-order valence-electron chi connectivity index (χ4n) is 10.2. The summed E-state index contributed by atoms with van der Waals surface area (Å²) < 4.78 is 8.61. The zero-order chi connectivity index (χ0) is 60.7. The lowest BCUT2D eigenvalue weighted by Crippen LogP contribution is -2.31. The molecule has 12 nitrogen and oxygen atoms in total. The van der Waals surface area contributed by atoms with Crippen LogP contribution >= 0.6 is 0 Å². The highest BCUT2D eigenvalue weighted by atomic mass is 15.0. The first-order valence-electron chi connectivity index (χ1n) is 29.1. The molecular formula is C74H76N12+4. The van der Waals surface area contributed by atoms with Crippen LogP contribution in [0.3, 0.4) is 0 Å². The van der Waals surface area contributed by atoms with Crippen LogP contribution in [0.4, 0.5) is 0 Å². The van der Waals surface area contributed by atoms with Crippen LogP contribution in [0.5, 0.6) is 0 Å². The van der Waals surface area contributed by atoms with E-state index < -0.39 is 0 Å². The molecule has 4 aromatic carbocycles. The highest BCUT2D eigenvalue weighted by Crippen LogP contribution is 2.27. The second kappa shape index (κ2) is 28.4. The maximum absolute atomic E-state index is 4.68. The van der Waals surface area contributed by atoms with Gasteiger partial charge in [-0.15, -0.1) is 0 Å². The average molecular weight is 1130 g/mol. The van der Waals surface area contributed by atoms with Crippen LogP contribution in [0.2, 0.25) is 0 Å². The van der Waals surface area contributed by atoms with Gasteiger partial charge in [0.2, 0.25) is 22.8 Å². The minimum Gasteiger partial charge on any atom is -0.244 e. The Hall–Kier alpha value is -10.2. The monoisotopic (exact) mass is 1130 g/mol. The normalized spacial score (nSPS) is 10.7. The summed E-state index contributed by atoms with van der Waals surface area (Å²) >= 11 is 0. The van der Waals surface area contributed by atoms with Gasteiger partial charge in [-0.25, -0.2) is 58.1 Å². The van der Waals surface area contributed by atoms with Crippen molar-refractivity contribution in [1.82, 2.24) is 39.9 Å². The van der Waals surface area contributed by atoms with Gasteiger partial charge in [-0.05, 0) is 124 Å². The maximum atomic E-state index is 4.68. The first kappa shape index (κ1) is 60.4. The quantitative estimate of drug-likeness (QED) is 0.124. The molecule has 0 aliphatic rings. The van der Waals surface area contributed by atoms with Gasteiger partial charge in [0, 0.05) is 101 Å². The SMILES string of the molecule is CCc1nccc(-c2ccc(-c3ccccc3C)[n+](C)c2)n1.Cc1ccccc1-c1ccc(-c2ccnc(C(C)C)n2)c[n+]1C.Cc1ccccc1-c1ccc(-c2cncnc2)c[n+]1C.Cc1nccc(-c2ccc(-c3ccccc3C)[n+](C)c2)n1. The number of hydrogen-bond donors (Lipinski definition) is 0. The van der Waals surface area contributed by atoms with Gasteiger partial charge in [-0.1, -0.05) is 93.6 Å². The zero-order valence-electron chi connectivity index (χ0n) is 51.5. The molecule has 0 spiro atoms. The molecule has 8 aromatic heterocycles. The van der Waals surface area contributed by atoms with Crippen molar-refractivity contribution < 1.29 is 18.3 Å². The van der Waals surface area contributed by atoms with Crippen LogP contribution in [0, 0.1) is 34.6 Å². The Morgan fingerprint density at radius 2 is 0.709 bits per heavy atom. The lowest BCUT2D eigenvalue weighted by molar-refractivity contribution is -0.660. The predicted octanol–water partition coefficient (Wildman–Crippen LogP) is 13.8. The standard InChI is InChI=1S/C20H22N3.C19H20N3.C18H18N3.C17H16N3/c1-14(2)20-21-12-11-18(22-20)16-9-10-19(23(4)13-16)17-8-6-5-7-15(17)3;1-4-19-20-12-11-17(21-19)15-9-10-18(22(3)13-15)16-8-6-5-7-14(16)2;1-13-6-4-5-7-16(13)18-9-8-15(12-21(18)3)17-10-11-19-14(2)20-17;1-13-5-3-4-6-16(13)17-8-7-14(11-20(17)2)15-9-18-12-19-10-15/h5-14H,1-4H3;5-13H,4H2,1-3H3;4-12H,1-3H3;3-12H,1-2H3/q4*+1. The summed E-state index contributed by atoms with van der Waals surface area (Å²) in [6.07, 6.45) is 20.0. The van der Waals surface area contributed by atoms with Gasteiger partial charge in [0.1, 0.15) is 52.0 Å². The minimum atomic E-state index is 0.329. The van der Waals surface area contributed by atoms with E-state index in [1.54, 1.807) is 12.5 Å². The van der Waals surface area contributed by atoms with E-state index in [1.807, 2.05) is 49.9 Å². The lowest BCUT2D eigenvalue weighted by Gasteiger charge is -2.07. The molecule has 0 aliphatic carbocycles. The molecule has 12 rings (SSSR count). The highest BCUT2D eigenvalue weighted by Gasteiger charge is 2.19. The number of rotatable bonds is 10. The molecule has 428 valence electrons. The molecule has 0 unspecified atom stereocenters. The summed E-state index contributed by atoms with van der Waals surface area (Å²) in [5.41, 5.74) is 23.3. The van der Waals surface area contributed by atoms with Gasteiger partial charge in [0.05, 0.1) is 33.8 Å². The van der Waals surface area contributed by atoms with Crippen molar-refractivity contribution >= 4 is 0 Å². The number of pyridine rings is 4. The topological polar surface area (TPSA) is 119 Å². The Balaban J connectivity index is 0.000000137. The maximum Gasteiger partial charge on any atom is 0.212 e. The summed E-state index contributed by atoms with van der Waals surface area (Å²) in [6, 6.07) is 56.7. The van der Waals surface area contributed by atoms with Gasteiger partial charge < -0.3 is 0 Å². The molecule has 0 radical (unpaired) electrons. The van der Waals surface area contributed by atoms with E-state index in [2.05, 4.69) is 305 Å². The molecule has 0 fully saturated rings. The van der Waals surface area contributed by atoms with Crippen LogP contribution in [0.1, 0.15) is 66.4 Å². The van der Waals surface area contributed by atoms with Crippen molar-refractivity contribution in [3.05, 3.63) is 266 Å². The second-order valence-corrected chi connectivity index (χ2v) is 21.7. The molecule has 8 heterocycles. The van der Waals surface area contributed by atoms with E-state index in [-0.39, 0.29) is 0 Å². The van der Waals surface area contributed by atoms with Crippen molar-refractivity contribution in [3.63, 3.8) is 0 Å². The zero-order valence-corrected chi connectivity index (χ0v) is 51.5. The van der Waals surface area contributed by atoms with E-state index >= 15 is 0 Å². The smallest absolute Gasteiger partial charge is 0.212 e. The molecular weight excluding hydrogens is 1060 g/mol. The molecule has 0 saturated heterocycles. The van der Waals surface area contributed by atoms with Gasteiger partial charge in [-0.3, -0.25) is 0 Å². The van der Waals surface area contributed by atoms with Gasteiger partial charge in [-0.2, -0.15) is 0 Å². The van der Waals surface area contributed by atoms with E-state index in [0.717, 1.165) is 68.8 Å². The van der Waals surface area contributed by atoms with Gasteiger partial charge >= 0.3 is 0 Å². The van der Waals surface area contributed by atoms with Crippen LogP contribution < -0.4 is 18.3 Å². The van der Waals surface area contributed by atoms with Crippen molar-refractivity contribution in [2.24, 2.45) is 28.2 Å². The summed E-state index contributed by atoms with van der Waals surface area (Å²) in [5.74, 6) is 2.88. The number of benzene rings is 4. The Bertz CT molecular complexity index is 4270. The fourth-order valence-corrected chi connectivity index (χ4v) is 10.2. The van der Waals surface area contributed by atoms with Crippen molar-refractivity contribution in [2.45, 2.75) is 67.7 Å². The first-order valence-corrected chi connectivity index (χ1v) is 29.1. The first-order chi connectivity index (χ1) is 41.6. The van der Waals surface area contributed by atoms with Crippen LogP contribution in [0.15, 0.2) is 226 Å². The Morgan fingerprint density at radius 3 is 1.08 bits per heavy atom. The summed E-state index contributed by atoms with van der Waals surface area (Å²) in [5, 5.41) is 0. The fraction of sp³-hybridized carbons (Fsp3) is 0.189. The third-order valence-electron chi connectivity index (χ3n) is 15.0. The summed E-state index contributed by atoms with van der Waals surface area (Å²) in [4.78, 5) is 34.6. The molecule has 0 saturated carbocycles. The van der Waals surface area contributed by atoms with E-state index in [4.69, 9.17) is 0 Å². The minimum absolute atomic E-state index is 0.329. The molecule has 86 heavy (non-hydrogen) atoms. The van der Waals surface area contributed by atoms with Crippen LogP contribution in [-0.4, -0.2) is 39.9 Å². The molecule has 12 heteroatoms. The van der Waals surface area contributed by atoms with Crippen molar-refractivity contribution in [1.29, 1.82) is 0 Å². The highest BCUT2D eigenvalue weighted by molar-refractivity contribution is 5.68. The summed E-state index contributed by atoms with van der Waals surface area (Å²) in [6.45, 7) is 16.8. The molecule has 0 aliphatic heterocycles. The Morgan fingerprint density at radius 1 is 0.360 bits per heavy atom. The number of aryl methyl sites for hydroxylation is 10. The number of nitrogens with zero attached hydrogens (tertiary/aromatic N) is 12. The van der Waals surface area contributed by atoms with E-state index in [0.29, 0.717) is 5.92 Å². The lowest BCUT2D eigenvalue weighted by atomic mass is 10.0. The number of hydrogen-bond acceptors (Lipinski definition) is 8. The molecule has 12 aromatic rings. The van der Waals surface area contributed by atoms with Crippen LogP contribution in [0.25, 0.3) is 89.9 Å². The Kier molecular flexibility index (Phi) is 19.9. The van der Waals surface area contributed by atoms with Gasteiger partial charge in [0.15, 0.2) is 24.8 Å². The second-order valence-electron chi connectivity index (χ2n) is 21.7. The average Bonchev–Trinajstić information content (AvgIpc) is 3.36. The van der Waals surface area contributed by atoms with Crippen LogP contribution in [-0.2, 0) is 34.6 Å². The summed E-state index contributed by atoms with van der Waals surface area (Å²) in [7, 11) is 8.29. The molecule has 0 bridgehead atoms. The van der Waals surface area contributed by atoms with E-state index in [1.165, 1.54) is 67.3 Å². The molecule has 0 atom stereocenters. The largest absolute Gasteiger partial charge is 0.244 e. The predicted molar refractivity (Wildman–Crippen MR) is 343 cm³/mol. The molecule has 0 N–H and O–H groups in total. The van der Waals surface area contributed by atoms with E-state index in [9.17, 15) is 0 Å². The third kappa shape index (κ3) is 14.9. The Labute approximate surface area is 507 Å². The van der Waals surface area contributed by atoms with Crippen molar-refractivity contribution in [2.75, 3.05) is 0 Å². The molecule has 0 amide bonds.